The number of aromatic nitrogens is 2. The summed E-state index contributed by atoms with van der Waals surface area (Å²) in [6, 6.07) is 7.59. The van der Waals surface area contributed by atoms with E-state index in [0.29, 0.717) is 23.9 Å². The average Bonchev–Trinajstić information content (AvgIpc) is 3.17. The molecule has 29 heavy (non-hydrogen) atoms. The maximum atomic E-state index is 12.0. The number of aromatic amines is 1. The Balaban J connectivity index is 1.74. The van der Waals surface area contributed by atoms with Gasteiger partial charge in [-0.05, 0) is 36.6 Å². The number of halogens is 1. The Labute approximate surface area is 175 Å². The number of piperidine rings is 1. The zero-order valence-corrected chi connectivity index (χ0v) is 17.8. The summed E-state index contributed by atoms with van der Waals surface area (Å²) in [6.07, 6.45) is 6.61. The van der Waals surface area contributed by atoms with Crippen LogP contribution < -0.4 is 10.1 Å². The number of hydrogen-bond donors (Lipinski definition) is 2. The number of sulfonamides is 1. The van der Waals surface area contributed by atoms with Crippen LogP contribution in [-0.2, 0) is 10.0 Å². The van der Waals surface area contributed by atoms with Crippen LogP contribution in [0.25, 0.3) is 22.2 Å². The Kier molecular flexibility index (Phi) is 5.42. The third kappa shape index (κ3) is 4.05. The molecule has 0 amide bonds. The Bertz CT molecular complexity index is 1150. The average molecular weight is 435 g/mol. The van der Waals surface area contributed by atoms with Crippen molar-refractivity contribution in [2.75, 3.05) is 31.8 Å². The fourth-order valence-corrected chi connectivity index (χ4v) is 4.95. The highest BCUT2D eigenvalue weighted by atomic mass is 35.5. The number of pyridine rings is 1. The highest BCUT2D eigenvalue weighted by Crippen LogP contribution is 2.37. The molecule has 1 aliphatic heterocycles. The number of fused-ring (bicyclic) bond motifs is 1. The lowest BCUT2D eigenvalue weighted by molar-refractivity contribution is 0.329. The number of nitrogens with zero attached hydrogens (tertiary/aromatic N) is 2. The number of anilines is 1. The number of benzene rings is 1. The molecule has 1 aliphatic rings. The lowest BCUT2D eigenvalue weighted by Crippen LogP contribution is -2.44. The van der Waals surface area contributed by atoms with Crippen molar-refractivity contribution < 1.29 is 13.2 Å². The van der Waals surface area contributed by atoms with Gasteiger partial charge in [0, 0.05) is 42.5 Å². The molecule has 7 nitrogen and oxygen atoms in total. The molecule has 154 valence electrons. The van der Waals surface area contributed by atoms with E-state index in [1.807, 2.05) is 30.5 Å². The van der Waals surface area contributed by atoms with Gasteiger partial charge in [-0.1, -0.05) is 17.7 Å². The standard InChI is InChI=1S/C20H23ClN4O3S/c1-28-18-6-5-13(10-17(18)21)16-11-23-20-15(7-8-22-20)19(16)24-14-4-3-9-25(12-14)29(2,26)27/h5-8,10-11,14H,3-4,9,12H2,1-2H3,(H2,22,23,24). The SMILES string of the molecule is COc1ccc(-c2cnc3[nH]ccc3c2NC2CCCN(S(C)(=O)=O)C2)cc1Cl. The van der Waals surface area contributed by atoms with E-state index in [4.69, 9.17) is 16.3 Å². The summed E-state index contributed by atoms with van der Waals surface area (Å²) in [4.78, 5) is 7.66. The zero-order valence-electron chi connectivity index (χ0n) is 16.3. The fraction of sp³-hybridized carbons (Fsp3) is 0.350. The van der Waals surface area contributed by atoms with Crippen LogP contribution in [0.4, 0.5) is 5.69 Å². The number of hydrogen-bond acceptors (Lipinski definition) is 5. The van der Waals surface area contributed by atoms with Gasteiger partial charge in [-0.3, -0.25) is 0 Å². The van der Waals surface area contributed by atoms with E-state index < -0.39 is 10.0 Å². The topological polar surface area (TPSA) is 87.3 Å². The van der Waals surface area contributed by atoms with Crippen LogP contribution in [0.3, 0.4) is 0 Å². The molecule has 1 unspecified atom stereocenters. The number of ether oxygens (including phenoxy) is 1. The molecule has 3 heterocycles. The predicted octanol–water partition coefficient (Wildman–Crippen LogP) is 3.73. The first kappa shape index (κ1) is 20.0. The second-order valence-electron chi connectivity index (χ2n) is 7.24. The van der Waals surface area contributed by atoms with Crippen LogP contribution in [0.2, 0.25) is 5.02 Å². The van der Waals surface area contributed by atoms with Gasteiger partial charge in [0.25, 0.3) is 0 Å². The summed E-state index contributed by atoms with van der Waals surface area (Å²) >= 11 is 6.34. The van der Waals surface area contributed by atoms with Gasteiger partial charge < -0.3 is 15.0 Å². The largest absolute Gasteiger partial charge is 0.495 e. The van der Waals surface area contributed by atoms with Crippen molar-refractivity contribution in [2.45, 2.75) is 18.9 Å². The van der Waals surface area contributed by atoms with Crippen molar-refractivity contribution in [1.82, 2.24) is 14.3 Å². The van der Waals surface area contributed by atoms with Gasteiger partial charge in [0.1, 0.15) is 11.4 Å². The molecule has 0 aliphatic carbocycles. The first-order valence-corrected chi connectivity index (χ1v) is 11.6. The summed E-state index contributed by atoms with van der Waals surface area (Å²) in [5.74, 6) is 0.608. The lowest BCUT2D eigenvalue weighted by atomic mass is 10.0. The molecule has 1 fully saturated rings. The van der Waals surface area contributed by atoms with Gasteiger partial charge >= 0.3 is 0 Å². The fourth-order valence-electron chi connectivity index (χ4n) is 3.78. The molecule has 2 N–H and O–H groups in total. The van der Waals surface area contributed by atoms with Crippen molar-refractivity contribution >= 4 is 38.3 Å². The van der Waals surface area contributed by atoms with E-state index in [2.05, 4.69) is 15.3 Å². The maximum Gasteiger partial charge on any atom is 0.211 e. The first-order valence-electron chi connectivity index (χ1n) is 9.38. The van der Waals surface area contributed by atoms with Gasteiger partial charge in [0.15, 0.2) is 0 Å². The number of methoxy groups -OCH3 is 1. The molecule has 0 bridgehead atoms. The monoisotopic (exact) mass is 434 g/mol. The van der Waals surface area contributed by atoms with Crippen LogP contribution in [0.1, 0.15) is 12.8 Å². The van der Waals surface area contributed by atoms with Crippen molar-refractivity contribution in [3.8, 4) is 16.9 Å². The van der Waals surface area contributed by atoms with E-state index in [-0.39, 0.29) is 6.04 Å². The van der Waals surface area contributed by atoms with Crippen LogP contribution in [-0.4, -0.2) is 55.2 Å². The second kappa shape index (κ2) is 7.85. The van der Waals surface area contributed by atoms with Gasteiger partial charge in [-0.15, -0.1) is 0 Å². The molecule has 3 aromatic rings. The highest BCUT2D eigenvalue weighted by Gasteiger charge is 2.27. The van der Waals surface area contributed by atoms with Gasteiger partial charge in [-0.2, -0.15) is 0 Å². The summed E-state index contributed by atoms with van der Waals surface area (Å²) in [7, 11) is -1.63. The van der Waals surface area contributed by atoms with E-state index in [1.54, 1.807) is 13.3 Å². The molecule has 0 saturated carbocycles. The van der Waals surface area contributed by atoms with Crippen molar-refractivity contribution in [3.63, 3.8) is 0 Å². The quantitative estimate of drug-likeness (QED) is 0.638. The predicted molar refractivity (Wildman–Crippen MR) is 116 cm³/mol. The minimum atomic E-state index is -3.21. The smallest absolute Gasteiger partial charge is 0.211 e. The molecule has 1 atom stereocenters. The number of nitrogens with one attached hydrogen (secondary N) is 2. The Morgan fingerprint density at radius 1 is 1.34 bits per heavy atom. The van der Waals surface area contributed by atoms with Crippen LogP contribution in [0.15, 0.2) is 36.7 Å². The molecule has 4 rings (SSSR count). The molecule has 1 aromatic carbocycles. The Morgan fingerprint density at radius 2 is 2.17 bits per heavy atom. The molecular weight excluding hydrogens is 412 g/mol. The second-order valence-corrected chi connectivity index (χ2v) is 9.63. The summed E-state index contributed by atoms with van der Waals surface area (Å²) in [5.41, 5.74) is 3.49. The molecular formula is C20H23ClN4O3S. The van der Waals surface area contributed by atoms with E-state index >= 15 is 0 Å². The lowest BCUT2D eigenvalue weighted by Gasteiger charge is -2.32. The van der Waals surface area contributed by atoms with Crippen molar-refractivity contribution in [3.05, 3.63) is 41.7 Å². The van der Waals surface area contributed by atoms with Crippen molar-refractivity contribution in [1.29, 1.82) is 0 Å². The maximum absolute atomic E-state index is 12.0. The summed E-state index contributed by atoms with van der Waals surface area (Å²) < 4.78 is 30.8. The van der Waals surface area contributed by atoms with Crippen LogP contribution in [0, 0.1) is 0 Å². The van der Waals surface area contributed by atoms with Crippen LogP contribution >= 0.6 is 11.6 Å². The van der Waals surface area contributed by atoms with Crippen LogP contribution in [0.5, 0.6) is 5.75 Å². The number of rotatable bonds is 5. The zero-order chi connectivity index (χ0) is 20.6. The molecule has 9 heteroatoms. The normalized spacial score (nSPS) is 18.1. The van der Waals surface area contributed by atoms with Gasteiger partial charge in [0.2, 0.25) is 10.0 Å². The van der Waals surface area contributed by atoms with Gasteiger partial charge in [0.05, 0.1) is 24.1 Å². The molecule has 0 spiro atoms. The minimum Gasteiger partial charge on any atom is -0.495 e. The molecule has 0 radical (unpaired) electrons. The van der Waals surface area contributed by atoms with E-state index in [0.717, 1.165) is 40.7 Å². The van der Waals surface area contributed by atoms with E-state index in [9.17, 15) is 8.42 Å². The first-order chi connectivity index (χ1) is 13.9. The Hall–Kier alpha value is -2.29. The third-order valence-electron chi connectivity index (χ3n) is 5.25. The molecule has 2 aromatic heterocycles. The van der Waals surface area contributed by atoms with Gasteiger partial charge in [-0.25, -0.2) is 17.7 Å². The number of H-pyrrole nitrogens is 1. The third-order valence-corrected chi connectivity index (χ3v) is 6.82. The minimum absolute atomic E-state index is 0.00597. The Morgan fingerprint density at radius 3 is 2.90 bits per heavy atom. The molecule has 1 saturated heterocycles. The summed E-state index contributed by atoms with van der Waals surface area (Å²) in [5, 5.41) is 5.06. The highest BCUT2D eigenvalue weighted by molar-refractivity contribution is 7.88. The summed E-state index contributed by atoms with van der Waals surface area (Å²) in [6.45, 7) is 1.00. The van der Waals surface area contributed by atoms with Crippen molar-refractivity contribution in [2.24, 2.45) is 0 Å². The van der Waals surface area contributed by atoms with E-state index in [1.165, 1.54) is 10.6 Å².